The highest BCUT2D eigenvalue weighted by Gasteiger charge is 2.30. The maximum absolute atomic E-state index is 14.4. The molecule has 4 rings (SSSR count). The van der Waals surface area contributed by atoms with Crippen LogP contribution in [0.4, 0.5) is 8.78 Å². The molecule has 0 aliphatic carbocycles. The molecule has 0 atom stereocenters. The van der Waals surface area contributed by atoms with Crippen LogP contribution in [0.15, 0.2) is 47.7 Å². The fourth-order valence-corrected chi connectivity index (χ4v) is 4.10. The third-order valence-corrected chi connectivity index (χ3v) is 6.17. The maximum Gasteiger partial charge on any atom is 0.277 e. The van der Waals surface area contributed by atoms with Crippen molar-refractivity contribution in [2.24, 2.45) is 0 Å². The first kappa shape index (κ1) is 27.4. The van der Waals surface area contributed by atoms with Gasteiger partial charge in [0, 0.05) is 30.2 Å². The molecular formula is C25H24B2ClF2N5O3. The Morgan fingerprint density at radius 2 is 1.76 bits per heavy atom. The zero-order valence-corrected chi connectivity index (χ0v) is 22.4. The minimum atomic E-state index is -1.36. The topological polar surface area (TPSA) is 103 Å². The van der Waals surface area contributed by atoms with Gasteiger partial charge in [0.05, 0.1) is 28.7 Å². The van der Waals surface area contributed by atoms with Crippen LogP contribution < -0.4 is 10.3 Å². The van der Waals surface area contributed by atoms with Crippen molar-refractivity contribution in [2.75, 3.05) is 0 Å². The average Bonchev–Trinajstić information content (AvgIpc) is 2.82. The number of halogens is 3. The lowest BCUT2D eigenvalue weighted by molar-refractivity contribution is 0.0688. The number of hydrogen-bond donors (Lipinski definition) is 1. The van der Waals surface area contributed by atoms with E-state index in [9.17, 15) is 18.7 Å². The molecule has 0 unspecified atom stereocenters. The van der Waals surface area contributed by atoms with Crippen LogP contribution >= 0.6 is 11.6 Å². The first-order valence-electron chi connectivity index (χ1n) is 11.6. The molecule has 8 nitrogen and oxygen atoms in total. The van der Waals surface area contributed by atoms with Gasteiger partial charge in [-0.1, -0.05) is 11.6 Å². The zero-order valence-electron chi connectivity index (χ0n) is 21.7. The van der Waals surface area contributed by atoms with E-state index in [-0.39, 0.29) is 22.3 Å². The molecule has 0 bridgehead atoms. The third kappa shape index (κ3) is 5.32. The summed E-state index contributed by atoms with van der Waals surface area (Å²) >= 11 is 6.46. The lowest BCUT2D eigenvalue weighted by atomic mass is 9.62. The molecule has 1 N–H and O–H groups in total. The molecule has 0 radical (unpaired) electrons. The van der Waals surface area contributed by atoms with Gasteiger partial charge >= 0.3 is 0 Å². The minimum absolute atomic E-state index is 0.0264. The molecule has 0 saturated carbocycles. The summed E-state index contributed by atoms with van der Waals surface area (Å²) in [5.41, 5.74) is 0.662. The summed E-state index contributed by atoms with van der Waals surface area (Å²) in [6, 6.07) is 5.62. The van der Waals surface area contributed by atoms with Gasteiger partial charge in [-0.15, -0.1) is 0 Å². The van der Waals surface area contributed by atoms with Gasteiger partial charge in [-0.2, -0.15) is 0 Å². The van der Waals surface area contributed by atoms with Gasteiger partial charge in [0.1, 0.15) is 33.7 Å². The van der Waals surface area contributed by atoms with Crippen molar-refractivity contribution in [3.8, 4) is 22.8 Å². The number of aryl methyl sites for hydroxylation is 2. The number of ether oxygens (including phenoxy) is 1. The number of aromatic nitrogens is 5. The summed E-state index contributed by atoms with van der Waals surface area (Å²) < 4.78 is 35.1. The van der Waals surface area contributed by atoms with Crippen molar-refractivity contribution in [2.45, 2.75) is 38.7 Å². The summed E-state index contributed by atoms with van der Waals surface area (Å²) in [7, 11) is 3.08. The van der Waals surface area contributed by atoms with Crippen LogP contribution in [-0.2, 0) is 11.0 Å². The molecule has 13 heteroatoms. The predicted octanol–water partition coefficient (Wildman–Crippen LogP) is 2.32. The Hall–Kier alpha value is -3.63. The SMILES string of the molecule is BC(B)(Oc1cc(C)n(-c2cc(-c3ccnc(C(C)(C)O)n3)ncc2C)c(=O)c1Cl)c1ncc(F)cc1F. The Morgan fingerprint density at radius 1 is 1.05 bits per heavy atom. The Balaban J connectivity index is 1.78. The summed E-state index contributed by atoms with van der Waals surface area (Å²) in [4.78, 5) is 30.3. The zero-order chi connectivity index (χ0) is 28.0. The fraction of sp³-hybridized carbons (Fsp3) is 0.240. The van der Waals surface area contributed by atoms with Crippen molar-refractivity contribution in [1.29, 1.82) is 0 Å². The van der Waals surface area contributed by atoms with E-state index in [2.05, 4.69) is 19.9 Å². The van der Waals surface area contributed by atoms with Crippen molar-refractivity contribution in [3.05, 3.63) is 92.6 Å². The Kier molecular flexibility index (Phi) is 7.15. The molecule has 4 aromatic rings. The van der Waals surface area contributed by atoms with Crippen LogP contribution in [0.1, 0.15) is 36.6 Å². The molecule has 4 heterocycles. The second-order valence-electron chi connectivity index (χ2n) is 9.88. The van der Waals surface area contributed by atoms with Gasteiger partial charge in [-0.05, 0) is 45.4 Å². The van der Waals surface area contributed by atoms with Gasteiger partial charge in [0.2, 0.25) is 0 Å². The van der Waals surface area contributed by atoms with Gasteiger partial charge in [-0.25, -0.2) is 18.7 Å². The van der Waals surface area contributed by atoms with Gasteiger partial charge in [-0.3, -0.25) is 19.3 Å². The summed E-state index contributed by atoms with van der Waals surface area (Å²) in [5, 5.41) is 8.70. The van der Waals surface area contributed by atoms with Crippen LogP contribution in [0, 0.1) is 25.5 Å². The first-order chi connectivity index (χ1) is 17.7. The minimum Gasteiger partial charge on any atom is -0.498 e. The van der Waals surface area contributed by atoms with Crippen LogP contribution in [-0.4, -0.2) is 45.3 Å². The normalized spacial score (nSPS) is 12.0. The molecule has 0 aliphatic rings. The highest BCUT2D eigenvalue weighted by molar-refractivity contribution is 6.39. The standard InChI is InChI=1S/C25H24B2ClF2N5O3/c1-12-10-32-17(16-5-6-31-23(34-16)24(3,4)37)9-18(12)35-13(2)7-19(20(28)22(35)36)38-25(26,27)21-15(30)8-14(29)11-33-21/h5-11,37H,26-27H2,1-4H3. The van der Waals surface area contributed by atoms with Gasteiger partial charge in [0.25, 0.3) is 5.56 Å². The molecule has 0 amide bonds. The smallest absolute Gasteiger partial charge is 0.277 e. The van der Waals surface area contributed by atoms with E-state index in [1.807, 2.05) is 0 Å². The second-order valence-corrected chi connectivity index (χ2v) is 10.3. The predicted molar refractivity (Wildman–Crippen MR) is 144 cm³/mol. The Labute approximate surface area is 224 Å². The molecule has 0 fully saturated rings. The van der Waals surface area contributed by atoms with Crippen molar-refractivity contribution in [1.82, 2.24) is 24.5 Å². The average molecular weight is 538 g/mol. The lowest BCUT2D eigenvalue weighted by Gasteiger charge is -2.28. The molecule has 0 aliphatic heterocycles. The van der Waals surface area contributed by atoms with E-state index in [0.717, 1.165) is 6.20 Å². The van der Waals surface area contributed by atoms with Gasteiger partial charge in [0.15, 0.2) is 21.5 Å². The monoisotopic (exact) mass is 537 g/mol. The second kappa shape index (κ2) is 9.92. The van der Waals surface area contributed by atoms with Gasteiger partial charge < -0.3 is 9.84 Å². The van der Waals surface area contributed by atoms with E-state index in [4.69, 9.17) is 16.3 Å². The number of nitrogens with zero attached hydrogens (tertiary/aromatic N) is 5. The first-order valence-corrected chi connectivity index (χ1v) is 12.0. The number of hydrogen-bond acceptors (Lipinski definition) is 7. The molecule has 0 spiro atoms. The third-order valence-electron chi connectivity index (χ3n) is 5.82. The fourth-order valence-electron chi connectivity index (χ4n) is 3.93. The molecular weight excluding hydrogens is 513 g/mol. The summed E-state index contributed by atoms with van der Waals surface area (Å²) in [6.45, 7) is 6.66. The van der Waals surface area contributed by atoms with Crippen LogP contribution in [0.2, 0.25) is 5.02 Å². The Bertz CT molecular complexity index is 1610. The highest BCUT2D eigenvalue weighted by Crippen LogP contribution is 2.31. The maximum atomic E-state index is 14.4. The number of rotatable bonds is 6. The highest BCUT2D eigenvalue weighted by atomic mass is 35.5. The van der Waals surface area contributed by atoms with Crippen molar-refractivity contribution >= 4 is 27.3 Å². The molecule has 194 valence electrons. The van der Waals surface area contributed by atoms with E-state index < -0.39 is 28.2 Å². The van der Waals surface area contributed by atoms with E-state index >= 15 is 0 Å². The Morgan fingerprint density at radius 3 is 2.42 bits per heavy atom. The molecule has 38 heavy (non-hydrogen) atoms. The summed E-state index contributed by atoms with van der Waals surface area (Å²) in [6.07, 6.45) is 4.02. The van der Waals surface area contributed by atoms with Crippen molar-refractivity contribution < 1.29 is 18.6 Å². The van der Waals surface area contributed by atoms with Crippen LogP contribution in [0.3, 0.4) is 0 Å². The lowest BCUT2D eigenvalue weighted by Crippen LogP contribution is -2.37. The molecule has 0 aromatic carbocycles. The molecule has 0 saturated heterocycles. The number of aliphatic hydroxyl groups is 1. The largest absolute Gasteiger partial charge is 0.498 e. The van der Waals surface area contributed by atoms with E-state index in [1.54, 1.807) is 52.1 Å². The number of pyridine rings is 3. The quantitative estimate of drug-likeness (QED) is 0.377. The van der Waals surface area contributed by atoms with Crippen LogP contribution in [0.5, 0.6) is 5.75 Å². The van der Waals surface area contributed by atoms with Crippen LogP contribution in [0.25, 0.3) is 17.1 Å². The van der Waals surface area contributed by atoms with E-state index in [1.165, 1.54) is 26.5 Å². The summed E-state index contributed by atoms with van der Waals surface area (Å²) in [5.74, 6) is -1.44. The van der Waals surface area contributed by atoms with Crippen molar-refractivity contribution in [3.63, 3.8) is 0 Å². The van der Waals surface area contributed by atoms with E-state index in [0.29, 0.717) is 34.4 Å². The molecule has 4 aromatic heterocycles.